The fourth-order valence-electron chi connectivity index (χ4n) is 3.28. The number of amides is 2. The van der Waals surface area contributed by atoms with Gasteiger partial charge in [0.25, 0.3) is 5.91 Å². The van der Waals surface area contributed by atoms with Crippen molar-refractivity contribution in [2.45, 2.75) is 33.3 Å². The van der Waals surface area contributed by atoms with Crippen molar-refractivity contribution in [3.8, 4) is 11.3 Å². The molecular formula is C25H29N5O3. The minimum Gasteiger partial charge on any atom is -0.379 e. The lowest BCUT2D eigenvalue weighted by molar-refractivity contribution is 0.0757. The Balaban J connectivity index is 1.64. The van der Waals surface area contributed by atoms with Crippen LogP contribution in [-0.4, -0.2) is 41.0 Å². The zero-order valence-electron chi connectivity index (χ0n) is 19.1. The number of hydrogen-bond donors (Lipinski definition) is 3. The molecule has 2 amide bonds. The Hall–Kier alpha value is -3.78. The van der Waals surface area contributed by atoms with Crippen LogP contribution in [0.1, 0.15) is 46.5 Å². The average Bonchev–Trinajstić information content (AvgIpc) is 2.79. The Bertz CT molecular complexity index is 1110. The van der Waals surface area contributed by atoms with Crippen molar-refractivity contribution in [1.29, 1.82) is 0 Å². The van der Waals surface area contributed by atoms with Crippen LogP contribution in [0.5, 0.6) is 0 Å². The topological polar surface area (TPSA) is 119 Å². The maximum absolute atomic E-state index is 12.3. The molecule has 33 heavy (non-hydrogen) atoms. The number of ether oxygens (including phenoxy) is 1. The zero-order chi connectivity index (χ0) is 23.8. The van der Waals surface area contributed by atoms with Gasteiger partial charge in [-0.3, -0.25) is 9.59 Å². The summed E-state index contributed by atoms with van der Waals surface area (Å²) in [6, 6.07) is 14.2. The number of nitrogens with zero attached hydrogens (tertiary/aromatic N) is 2. The third-order valence-corrected chi connectivity index (χ3v) is 4.99. The summed E-state index contributed by atoms with van der Waals surface area (Å²) in [5, 5.41) is 6.03. The molecule has 0 saturated carbocycles. The van der Waals surface area contributed by atoms with Gasteiger partial charge in [-0.05, 0) is 69.2 Å². The van der Waals surface area contributed by atoms with Crippen LogP contribution in [0.2, 0.25) is 0 Å². The molecule has 0 bridgehead atoms. The van der Waals surface area contributed by atoms with Crippen LogP contribution in [0, 0.1) is 6.92 Å². The average molecular weight is 448 g/mol. The molecule has 3 rings (SSSR count). The quantitative estimate of drug-likeness (QED) is 0.406. The van der Waals surface area contributed by atoms with E-state index in [1.54, 1.807) is 48.7 Å². The summed E-state index contributed by atoms with van der Waals surface area (Å²) in [7, 11) is 0. The second-order valence-electron chi connectivity index (χ2n) is 7.84. The van der Waals surface area contributed by atoms with E-state index in [1.807, 2.05) is 26.8 Å². The molecule has 0 spiro atoms. The maximum Gasteiger partial charge on any atom is 0.251 e. The van der Waals surface area contributed by atoms with Gasteiger partial charge < -0.3 is 21.1 Å². The van der Waals surface area contributed by atoms with Crippen molar-refractivity contribution in [1.82, 2.24) is 15.3 Å². The first-order valence-corrected chi connectivity index (χ1v) is 10.8. The van der Waals surface area contributed by atoms with Crippen molar-refractivity contribution in [2.24, 2.45) is 5.73 Å². The smallest absolute Gasteiger partial charge is 0.251 e. The number of hydrogen-bond acceptors (Lipinski definition) is 6. The van der Waals surface area contributed by atoms with Gasteiger partial charge in [-0.1, -0.05) is 12.1 Å². The van der Waals surface area contributed by atoms with Gasteiger partial charge in [0.1, 0.15) is 0 Å². The lowest BCUT2D eigenvalue weighted by Gasteiger charge is -2.11. The Labute approximate surface area is 193 Å². The second kappa shape index (κ2) is 11.2. The van der Waals surface area contributed by atoms with Crippen LogP contribution in [0.4, 0.5) is 11.6 Å². The number of rotatable bonds is 10. The summed E-state index contributed by atoms with van der Waals surface area (Å²) in [6.07, 6.45) is 2.60. The predicted molar refractivity (Wildman–Crippen MR) is 128 cm³/mol. The number of nitrogens with two attached hydrogens (primary N) is 1. The van der Waals surface area contributed by atoms with E-state index in [0.29, 0.717) is 35.9 Å². The number of nitrogens with one attached hydrogen (secondary N) is 2. The number of aromatic nitrogens is 2. The normalized spacial score (nSPS) is 10.8. The predicted octanol–water partition coefficient (Wildman–Crippen LogP) is 3.84. The summed E-state index contributed by atoms with van der Waals surface area (Å²) >= 11 is 0. The van der Waals surface area contributed by atoms with Crippen LogP contribution < -0.4 is 16.4 Å². The molecule has 172 valence electrons. The van der Waals surface area contributed by atoms with Crippen molar-refractivity contribution >= 4 is 23.5 Å². The minimum absolute atomic E-state index is 0.130. The van der Waals surface area contributed by atoms with E-state index in [4.69, 9.17) is 10.5 Å². The summed E-state index contributed by atoms with van der Waals surface area (Å²) in [4.78, 5) is 32.8. The number of carbonyl (C=O) groups excluding carboxylic acids is 2. The Morgan fingerprint density at radius 3 is 2.55 bits per heavy atom. The van der Waals surface area contributed by atoms with E-state index in [-0.39, 0.29) is 12.0 Å². The van der Waals surface area contributed by atoms with E-state index in [2.05, 4.69) is 20.6 Å². The SMILES string of the molecule is Cc1c(C(N)=O)cccc1-c1ccnc(Nc2ccc(C(=O)NCCCOC(C)C)cc2)n1. The maximum atomic E-state index is 12.3. The zero-order valence-corrected chi connectivity index (χ0v) is 19.1. The van der Waals surface area contributed by atoms with Gasteiger partial charge in [-0.15, -0.1) is 0 Å². The van der Waals surface area contributed by atoms with Crippen LogP contribution in [0.3, 0.4) is 0 Å². The molecule has 0 atom stereocenters. The Kier molecular flexibility index (Phi) is 8.10. The van der Waals surface area contributed by atoms with Crippen molar-refractivity contribution in [2.75, 3.05) is 18.5 Å². The molecule has 0 aliphatic rings. The third-order valence-electron chi connectivity index (χ3n) is 4.99. The van der Waals surface area contributed by atoms with Crippen molar-refractivity contribution < 1.29 is 14.3 Å². The molecule has 2 aromatic carbocycles. The van der Waals surface area contributed by atoms with Gasteiger partial charge >= 0.3 is 0 Å². The molecular weight excluding hydrogens is 418 g/mol. The Morgan fingerprint density at radius 2 is 1.85 bits per heavy atom. The van der Waals surface area contributed by atoms with Crippen molar-refractivity contribution in [3.63, 3.8) is 0 Å². The van der Waals surface area contributed by atoms with E-state index in [0.717, 1.165) is 23.2 Å². The fourth-order valence-corrected chi connectivity index (χ4v) is 3.28. The fraction of sp³-hybridized carbons (Fsp3) is 0.280. The molecule has 8 nitrogen and oxygen atoms in total. The minimum atomic E-state index is -0.477. The highest BCUT2D eigenvalue weighted by Crippen LogP contribution is 2.25. The van der Waals surface area contributed by atoms with Gasteiger partial charge in [0.2, 0.25) is 11.9 Å². The largest absolute Gasteiger partial charge is 0.379 e. The molecule has 0 unspecified atom stereocenters. The summed E-state index contributed by atoms with van der Waals surface area (Å²) in [5.74, 6) is -0.206. The molecule has 1 heterocycles. The molecule has 8 heteroatoms. The van der Waals surface area contributed by atoms with Gasteiger partial charge in [0, 0.05) is 41.7 Å². The van der Waals surface area contributed by atoms with E-state index in [1.165, 1.54) is 0 Å². The van der Waals surface area contributed by atoms with Gasteiger partial charge in [0.15, 0.2) is 0 Å². The molecule has 0 radical (unpaired) electrons. The highest BCUT2D eigenvalue weighted by Gasteiger charge is 2.12. The van der Waals surface area contributed by atoms with Crippen LogP contribution in [-0.2, 0) is 4.74 Å². The standard InChI is InChI=1S/C25H29N5O3/c1-16(2)33-15-5-13-27-24(32)18-8-10-19(11-9-18)29-25-28-14-12-22(30-25)20-6-4-7-21(17(20)3)23(26)31/h4,6-12,14,16H,5,13,15H2,1-3H3,(H2,26,31)(H,27,32)(H,28,29,30). The monoisotopic (exact) mass is 447 g/mol. The van der Waals surface area contributed by atoms with E-state index < -0.39 is 5.91 Å². The summed E-state index contributed by atoms with van der Waals surface area (Å²) in [6.45, 7) is 6.98. The lowest BCUT2D eigenvalue weighted by atomic mass is 9.99. The second-order valence-corrected chi connectivity index (χ2v) is 7.84. The summed E-state index contributed by atoms with van der Waals surface area (Å²) < 4.78 is 5.47. The first-order chi connectivity index (χ1) is 15.8. The molecule has 0 fully saturated rings. The van der Waals surface area contributed by atoms with Crippen LogP contribution in [0.15, 0.2) is 54.7 Å². The highest BCUT2D eigenvalue weighted by molar-refractivity contribution is 5.96. The molecule has 4 N–H and O–H groups in total. The van der Waals surface area contributed by atoms with E-state index in [9.17, 15) is 9.59 Å². The molecule has 0 saturated heterocycles. The van der Waals surface area contributed by atoms with Crippen LogP contribution in [0.25, 0.3) is 11.3 Å². The van der Waals surface area contributed by atoms with Gasteiger partial charge in [-0.2, -0.15) is 0 Å². The molecule has 3 aromatic rings. The first kappa shape index (κ1) is 23.9. The lowest BCUT2D eigenvalue weighted by Crippen LogP contribution is -2.25. The Morgan fingerprint density at radius 1 is 1.09 bits per heavy atom. The highest BCUT2D eigenvalue weighted by atomic mass is 16.5. The number of anilines is 2. The van der Waals surface area contributed by atoms with Gasteiger partial charge in [-0.25, -0.2) is 9.97 Å². The van der Waals surface area contributed by atoms with Crippen LogP contribution >= 0.6 is 0 Å². The number of primary amides is 1. The van der Waals surface area contributed by atoms with Gasteiger partial charge in [0.05, 0.1) is 11.8 Å². The van der Waals surface area contributed by atoms with E-state index >= 15 is 0 Å². The molecule has 1 aromatic heterocycles. The molecule has 0 aliphatic heterocycles. The third kappa shape index (κ3) is 6.60. The first-order valence-electron chi connectivity index (χ1n) is 10.8. The summed E-state index contributed by atoms with van der Waals surface area (Å²) in [5.41, 5.74) is 9.48. The number of benzene rings is 2. The van der Waals surface area contributed by atoms with Crippen molar-refractivity contribution in [3.05, 3.63) is 71.4 Å². The molecule has 0 aliphatic carbocycles. The number of carbonyl (C=O) groups is 2.